The van der Waals surface area contributed by atoms with E-state index in [1.54, 1.807) is 6.92 Å². The number of aliphatic carboxylic acids is 2. The number of carboxylic acids is 2. The number of aliphatic hydroxyl groups is 2. The van der Waals surface area contributed by atoms with Crippen molar-refractivity contribution in [3.8, 4) is 0 Å². The molecule has 1 aromatic rings. The van der Waals surface area contributed by atoms with E-state index in [1.165, 1.54) is 12.1 Å². The topological polar surface area (TPSA) is 115 Å². The van der Waals surface area contributed by atoms with Crippen molar-refractivity contribution in [2.45, 2.75) is 19.1 Å². The zero-order valence-corrected chi connectivity index (χ0v) is 8.99. The SMILES string of the molecule is Cc1cc(C(O)C(=O)O)cc(C(O)C(=O)O)c1. The molecular weight excluding hydrogens is 228 g/mol. The molecule has 0 saturated heterocycles. The summed E-state index contributed by atoms with van der Waals surface area (Å²) in [6.45, 7) is 1.61. The van der Waals surface area contributed by atoms with Crippen molar-refractivity contribution < 1.29 is 30.0 Å². The van der Waals surface area contributed by atoms with Crippen molar-refractivity contribution in [3.05, 3.63) is 34.9 Å². The van der Waals surface area contributed by atoms with E-state index in [1.807, 2.05) is 0 Å². The minimum Gasteiger partial charge on any atom is -0.479 e. The van der Waals surface area contributed by atoms with Gasteiger partial charge in [0.15, 0.2) is 12.2 Å². The molecule has 17 heavy (non-hydrogen) atoms. The van der Waals surface area contributed by atoms with Crippen molar-refractivity contribution in [2.24, 2.45) is 0 Å². The molecule has 0 spiro atoms. The number of carboxylic acid groups (broad SMARTS) is 2. The van der Waals surface area contributed by atoms with E-state index < -0.39 is 24.1 Å². The predicted octanol–water partition coefficient (Wildman–Crippen LogP) is 0.231. The van der Waals surface area contributed by atoms with Crippen LogP contribution in [0.25, 0.3) is 0 Å². The summed E-state index contributed by atoms with van der Waals surface area (Å²) in [5.41, 5.74) is 0.624. The van der Waals surface area contributed by atoms with Crippen molar-refractivity contribution in [1.82, 2.24) is 0 Å². The largest absolute Gasteiger partial charge is 0.479 e. The first-order valence-corrected chi connectivity index (χ1v) is 4.76. The third-order valence-corrected chi connectivity index (χ3v) is 2.22. The van der Waals surface area contributed by atoms with E-state index in [2.05, 4.69) is 0 Å². The Morgan fingerprint density at radius 2 is 1.29 bits per heavy atom. The van der Waals surface area contributed by atoms with Crippen LogP contribution in [0.1, 0.15) is 28.9 Å². The molecule has 1 aromatic carbocycles. The number of aryl methyl sites for hydroxylation is 1. The van der Waals surface area contributed by atoms with Crippen LogP contribution in [0.4, 0.5) is 0 Å². The van der Waals surface area contributed by atoms with Crippen LogP contribution in [0.15, 0.2) is 18.2 Å². The van der Waals surface area contributed by atoms with Gasteiger partial charge in [-0.3, -0.25) is 0 Å². The first kappa shape index (κ1) is 13.1. The molecule has 92 valence electrons. The van der Waals surface area contributed by atoms with Crippen LogP contribution in [-0.4, -0.2) is 32.4 Å². The normalized spacial score (nSPS) is 14.1. The quantitative estimate of drug-likeness (QED) is 0.599. The van der Waals surface area contributed by atoms with E-state index in [4.69, 9.17) is 10.2 Å². The van der Waals surface area contributed by atoms with Crippen LogP contribution in [0.2, 0.25) is 0 Å². The van der Waals surface area contributed by atoms with E-state index in [-0.39, 0.29) is 11.1 Å². The molecule has 2 unspecified atom stereocenters. The zero-order chi connectivity index (χ0) is 13.2. The number of carbonyl (C=O) groups is 2. The standard InChI is InChI=1S/C11H12O6/c1-5-2-6(8(12)10(14)15)4-7(3-5)9(13)11(16)17/h2-4,8-9,12-13H,1H3,(H,14,15)(H,16,17). The van der Waals surface area contributed by atoms with Crippen LogP contribution in [-0.2, 0) is 9.59 Å². The minimum atomic E-state index is -1.74. The minimum absolute atomic E-state index is 0.0350. The maximum absolute atomic E-state index is 10.6. The number of rotatable bonds is 4. The molecule has 0 fully saturated rings. The average molecular weight is 240 g/mol. The lowest BCUT2D eigenvalue weighted by Crippen LogP contribution is -2.14. The van der Waals surface area contributed by atoms with E-state index >= 15 is 0 Å². The van der Waals surface area contributed by atoms with Gasteiger partial charge in [-0.05, 0) is 24.1 Å². The van der Waals surface area contributed by atoms with Gasteiger partial charge in [-0.1, -0.05) is 17.7 Å². The smallest absolute Gasteiger partial charge is 0.337 e. The Bertz CT molecular complexity index is 415. The molecule has 0 amide bonds. The van der Waals surface area contributed by atoms with Crippen LogP contribution in [0, 0.1) is 6.92 Å². The zero-order valence-electron chi connectivity index (χ0n) is 8.99. The average Bonchev–Trinajstić information content (AvgIpc) is 2.25. The second-order valence-electron chi connectivity index (χ2n) is 3.66. The first-order valence-electron chi connectivity index (χ1n) is 4.76. The molecule has 0 bridgehead atoms. The molecule has 1 rings (SSSR count). The lowest BCUT2D eigenvalue weighted by Gasteiger charge is -2.12. The molecule has 6 heteroatoms. The highest BCUT2D eigenvalue weighted by Gasteiger charge is 2.21. The Morgan fingerprint density at radius 3 is 1.59 bits per heavy atom. The lowest BCUT2D eigenvalue weighted by molar-refractivity contribution is -0.147. The number of benzene rings is 1. The van der Waals surface area contributed by atoms with Crippen LogP contribution in [0.3, 0.4) is 0 Å². The molecule has 0 heterocycles. The summed E-state index contributed by atoms with van der Waals surface area (Å²) in [4.78, 5) is 21.2. The summed E-state index contributed by atoms with van der Waals surface area (Å²) in [6.07, 6.45) is -3.48. The van der Waals surface area contributed by atoms with Gasteiger partial charge in [0, 0.05) is 0 Å². The molecule has 0 aliphatic heterocycles. The fourth-order valence-electron chi connectivity index (χ4n) is 1.44. The second kappa shape index (κ2) is 4.94. The summed E-state index contributed by atoms with van der Waals surface area (Å²) in [7, 11) is 0. The predicted molar refractivity (Wildman–Crippen MR) is 56.4 cm³/mol. The van der Waals surface area contributed by atoms with Crippen LogP contribution in [0.5, 0.6) is 0 Å². The first-order chi connectivity index (χ1) is 7.82. The van der Waals surface area contributed by atoms with Gasteiger partial charge in [0.2, 0.25) is 0 Å². The van der Waals surface area contributed by atoms with Crippen LogP contribution < -0.4 is 0 Å². The third kappa shape index (κ3) is 3.02. The van der Waals surface area contributed by atoms with Crippen molar-refractivity contribution in [2.75, 3.05) is 0 Å². The summed E-state index contributed by atoms with van der Waals surface area (Å²) >= 11 is 0. The summed E-state index contributed by atoms with van der Waals surface area (Å²) in [5, 5.41) is 35.9. The highest BCUT2D eigenvalue weighted by molar-refractivity contribution is 5.76. The summed E-state index contributed by atoms with van der Waals surface area (Å²) in [6, 6.07) is 3.98. The fourth-order valence-corrected chi connectivity index (χ4v) is 1.44. The van der Waals surface area contributed by atoms with Gasteiger partial charge in [-0.2, -0.15) is 0 Å². The molecule has 6 nitrogen and oxygen atoms in total. The third-order valence-electron chi connectivity index (χ3n) is 2.22. The molecule has 4 N–H and O–H groups in total. The van der Waals surface area contributed by atoms with Crippen LogP contribution >= 0.6 is 0 Å². The molecular formula is C11H12O6. The van der Waals surface area contributed by atoms with E-state index in [0.717, 1.165) is 6.07 Å². The second-order valence-corrected chi connectivity index (χ2v) is 3.66. The van der Waals surface area contributed by atoms with Crippen molar-refractivity contribution in [1.29, 1.82) is 0 Å². The lowest BCUT2D eigenvalue weighted by atomic mass is 9.99. The Balaban J connectivity index is 3.19. The van der Waals surface area contributed by atoms with E-state index in [0.29, 0.717) is 5.56 Å². The highest BCUT2D eigenvalue weighted by atomic mass is 16.4. The Kier molecular flexibility index (Phi) is 3.82. The number of hydrogen-bond donors (Lipinski definition) is 4. The van der Waals surface area contributed by atoms with E-state index in [9.17, 15) is 19.8 Å². The Hall–Kier alpha value is -1.92. The maximum atomic E-state index is 10.6. The molecule has 0 aliphatic rings. The molecule has 0 aliphatic carbocycles. The number of hydrogen-bond acceptors (Lipinski definition) is 4. The van der Waals surface area contributed by atoms with Gasteiger partial charge < -0.3 is 20.4 Å². The molecule has 0 saturated carbocycles. The molecule has 0 aromatic heterocycles. The Morgan fingerprint density at radius 1 is 0.941 bits per heavy atom. The van der Waals surface area contributed by atoms with Gasteiger partial charge in [0.05, 0.1) is 0 Å². The monoisotopic (exact) mass is 240 g/mol. The van der Waals surface area contributed by atoms with Gasteiger partial charge in [-0.15, -0.1) is 0 Å². The van der Waals surface area contributed by atoms with Gasteiger partial charge >= 0.3 is 11.9 Å². The maximum Gasteiger partial charge on any atom is 0.337 e. The molecule has 2 atom stereocenters. The Labute approximate surface area is 96.8 Å². The highest BCUT2D eigenvalue weighted by Crippen LogP contribution is 2.22. The number of aliphatic hydroxyl groups excluding tert-OH is 2. The summed E-state index contributed by atoms with van der Waals surface area (Å²) < 4.78 is 0. The molecule has 0 radical (unpaired) electrons. The summed E-state index contributed by atoms with van der Waals surface area (Å²) in [5.74, 6) is -2.88. The van der Waals surface area contributed by atoms with Gasteiger partial charge in [0.1, 0.15) is 0 Å². The van der Waals surface area contributed by atoms with Crippen molar-refractivity contribution in [3.63, 3.8) is 0 Å². The van der Waals surface area contributed by atoms with Crippen molar-refractivity contribution >= 4 is 11.9 Å². The fraction of sp³-hybridized carbons (Fsp3) is 0.273. The van der Waals surface area contributed by atoms with Gasteiger partial charge in [0.25, 0.3) is 0 Å². The van der Waals surface area contributed by atoms with Gasteiger partial charge in [-0.25, -0.2) is 9.59 Å².